The van der Waals surface area contributed by atoms with E-state index in [1.807, 2.05) is 25.1 Å². The number of ether oxygens (including phenoxy) is 2. The van der Waals surface area contributed by atoms with Crippen LogP contribution in [0.25, 0.3) is 0 Å². The number of carbonyl (C=O) groups is 1. The van der Waals surface area contributed by atoms with Crippen LogP contribution in [-0.4, -0.2) is 18.7 Å². The molecule has 0 aliphatic carbocycles. The van der Waals surface area contributed by atoms with Gasteiger partial charge in [-0.2, -0.15) is 0 Å². The fraction of sp³-hybridized carbons (Fsp3) is 0.650. The largest absolute Gasteiger partial charge is 0.464 e. The standard InChI is InChI=1S/C20H32O3/c1-5-19(23-15-18-13-9-8-12-17(18)4)20(21)22-14-10-6-7-11-16(2)3/h8-9,12-13,16,19H,5-7,10-11,14-15H2,1-4H3. The Morgan fingerprint density at radius 3 is 2.52 bits per heavy atom. The predicted molar refractivity (Wildman–Crippen MR) is 94.3 cm³/mol. The summed E-state index contributed by atoms with van der Waals surface area (Å²) in [6.45, 7) is 9.42. The maximum absolute atomic E-state index is 12.1. The van der Waals surface area contributed by atoms with Gasteiger partial charge in [0.25, 0.3) is 0 Å². The highest BCUT2D eigenvalue weighted by Gasteiger charge is 2.18. The normalized spacial score (nSPS) is 12.4. The number of rotatable bonds is 11. The zero-order chi connectivity index (χ0) is 17.1. The van der Waals surface area contributed by atoms with Crippen LogP contribution in [-0.2, 0) is 20.9 Å². The fourth-order valence-corrected chi connectivity index (χ4v) is 2.41. The molecule has 0 radical (unpaired) electrons. The molecule has 1 rings (SSSR count). The van der Waals surface area contributed by atoms with Crippen molar-refractivity contribution in [3.63, 3.8) is 0 Å². The lowest BCUT2D eigenvalue weighted by atomic mass is 10.1. The Kier molecular flexibility index (Phi) is 9.61. The second kappa shape index (κ2) is 11.2. The van der Waals surface area contributed by atoms with Gasteiger partial charge in [0.15, 0.2) is 6.10 Å². The average Bonchev–Trinajstić information content (AvgIpc) is 2.52. The summed E-state index contributed by atoms with van der Waals surface area (Å²) in [5, 5.41) is 0. The average molecular weight is 320 g/mol. The maximum Gasteiger partial charge on any atom is 0.335 e. The Morgan fingerprint density at radius 1 is 1.13 bits per heavy atom. The molecule has 0 N–H and O–H groups in total. The van der Waals surface area contributed by atoms with Gasteiger partial charge in [-0.25, -0.2) is 4.79 Å². The molecule has 1 atom stereocenters. The minimum Gasteiger partial charge on any atom is -0.464 e. The van der Waals surface area contributed by atoms with Crippen LogP contribution < -0.4 is 0 Å². The van der Waals surface area contributed by atoms with Gasteiger partial charge in [-0.15, -0.1) is 0 Å². The van der Waals surface area contributed by atoms with E-state index in [9.17, 15) is 4.79 Å². The number of hydrogen-bond acceptors (Lipinski definition) is 3. The summed E-state index contributed by atoms with van der Waals surface area (Å²) >= 11 is 0. The molecule has 0 heterocycles. The van der Waals surface area contributed by atoms with Crippen molar-refractivity contribution in [2.45, 2.75) is 72.5 Å². The minimum atomic E-state index is -0.467. The van der Waals surface area contributed by atoms with E-state index in [4.69, 9.17) is 9.47 Å². The number of esters is 1. The van der Waals surface area contributed by atoms with Crippen LogP contribution in [0, 0.1) is 12.8 Å². The molecule has 130 valence electrons. The number of unbranched alkanes of at least 4 members (excludes halogenated alkanes) is 2. The summed E-state index contributed by atoms with van der Waals surface area (Å²) in [6.07, 6.45) is 4.67. The van der Waals surface area contributed by atoms with E-state index in [0.717, 1.165) is 24.3 Å². The maximum atomic E-state index is 12.1. The van der Waals surface area contributed by atoms with Crippen molar-refractivity contribution in [3.05, 3.63) is 35.4 Å². The van der Waals surface area contributed by atoms with Crippen molar-refractivity contribution >= 4 is 5.97 Å². The fourth-order valence-electron chi connectivity index (χ4n) is 2.41. The molecule has 0 aromatic heterocycles. The van der Waals surface area contributed by atoms with Crippen LogP contribution in [0.5, 0.6) is 0 Å². The third-order valence-corrected chi connectivity index (χ3v) is 4.01. The zero-order valence-electron chi connectivity index (χ0n) is 15.1. The summed E-state index contributed by atoms with van der Waals surface area (Å²) in [4.78, 5) is 12.1. The van der Waals surface area contributed by atoms with Crippen LogP contribution in [0.4, 0.5) is 0 Å². The number of benzene rings is 1. The van der Waals surface area contributed by atoms with Crippen LogP contribution in [0.2, 0.25) is 0 Å². The highest BCUT2D eigenvalue weighted by atomic mass is 16.6. The molecule has 0 bridgehead atoms. The van der Waals surface area contributed by atoms with Crippen LogP contribution in [0.15, 0.2) is 24.3 Å². The van der Waals surface area contributed by atoms with E-state index in [2.05, 4.69) is 26.8 Å². The number of hydrogen-bond donors (Lipinski definition) is 0. The first-order valence-electron chi connectivity index (χ1n) is 8.87. The van der Waals surface area contributed by atoms with Crippen molar-refractivity contribution in [1.82, 2.24) is 0 Å². The molecule has 0 spiro atoms. The number of carbonyl (C=O) groups excluding carboxylic acids is 1. The van der Waals surface area contributed by atoms with Gasteiger partial charge in [-0.1, -0.05) is 64.3 Å². The van der Waals surface area contributed by atoms with Gasteiger partial charge in [-0.3, -0.25) is 0 Å². The molecule has 3 heteroatoms. The van der Waals surface area contributed by atoms with E-state index in [1.165, 1.54) is 18.4 Å². The summed E-state index contributed by atoms with van der Waals surface area (Å²) < 4.78 is 11.1. The first-order valence-corrected chi connectivity index (χ1v) is 8.87. The summed E-state index contributed by atoms with van der Waals surface area (Å²) in [5.74, 6) is 0.516. The third-order valence-electron chi connectivity index (χ3n) is 4.01. The Hall–Kier alpha value is -1.35. The van der Waals surface area contributed by atoms with Gasteiger partial charge in [0.05, 0.1) is 13.2 Å². The molecule has 0 aliphatic rings. The van der Waals surface area contributed by atoms with Crippen molar-refractivity contribution in [2.75, 3.05) is 6.61 Å². The van der Waals surface area contributed by atoms with E-state index in [1.54, 1.807) is 0 Å². The monoisotopic (exact) mass is 320 g/mol. The van der Waals surface area contributed by atoms with Crippen LogP contribution >= 0.6 is 0 Å². The summed E-state index contributed by atoms with van der Waals surface area (Å²) in [5.41, 5.74) is 2.30. The third kappa shape index (κ3) is 8.17. The Morgan fingerprint density at radius 2 is 1.87 bits per heavy atom. The lowest BCUT2D eigenvalue weighted by molar-refractivity contribution is -0.158. The van der Waals surface area contributed by atoms with Crippen molar-refractivity contribution in [1.29, 1.82) is 0 Å². The molecule has 1 unspecified atom stereocenters. The number of aryl methyl sites for hydroxylation is 1. The second-order valence-electron chi connectivity index (χ2n) is 6.55. The smallest absolute Gasteiger partial charge is 0.335 e. The van der Waals surface area contributed by atoms with Crippen molar-refractivity contribution in [3.8, 4) is 0 Å². The van der Waals surface area contributed by atoms with Gasteiger partial charge < -0.3 is 9.47 Å². The zero-order valence-corrected chi connectivity index (χ0v) is 15.1. The molecule has 0 saturated heterocycles. The molecule has 1 aromatic carbocycles. The van der Waals surface area contributed by atoms with E-state index in [0.29, 0.717) is 19.6 Å². The quantitative estimate of drug-likeness (QED) is 0.423. The van der Waals surface area contributed by atoms with Crippen LogP contribution in [0.3, 0.4) is 0 Å². The van der Waals surface area contributed by atoms with E-state index in [-0.39, 0.29) is 5.97 Å². The first-order chi connectivity index (χ1) is 11.0. The lowest BCUT2D eigenvalue weighted by Crippen LogP contribution is -2.26. The van der Waals surface area contributed by atoms with Gasteiger partial charge >= 0.3 is 5.97 Å². The summed E-state index contributed by atoms with van der Waals surface area (Å²) in [6, 6.07) is 8.07. The lowest BCUT2D eigenvalue weighted by Gasteiger charge is -2.16. The molecule has 0 fully saturated rings. The van der Waals surface area contributed by atoms with Gasteiger partial charge in [0.1, 0.15) is 0 Å². The van der Waals surface area contributed by atoms with E-state index < -0.39 is 6.10 Å². The second-order valence-corrected chi connectivity index (χ2v) is 6.55. The molecule has 0 saturated carbocycles. The molecular weight excluding hydrogens is 288 g/mol. The van der Waals surface area contributed by atoms with Gasteiger partial charge in [0, 0.05) is 0 Å². The molecule has 0 aliphatic heterocycles. The van der Waals surface area contributed by atoms with Crippen LogP contribution in [0.1, 0.15) is 64.0 Å². The topological polar surface area (TPSA) is 35.5 Å². The molecule has 3 nitrogen and oxygen atoms in total. The van der Waals surface area contributed by atoms with E-state index >= 15 is 0 Å². The Labute approximate surface area is 141 Å². The highest BCUT2D eigenvalue weighted by Crippen LogP contribution is 2.12. The van der Waals surface area contributed by atoms with Gasteiger partial charge in [-0.05, 0) is 36.8 Å². The molecule has 23 heavy (non-hydrogen) atoms. The summed E-state index contributed by atoms with van der Waals surface area (Å²) in [7, 11) is 0. The molecular formula is C20H32O3. The molecule has 1 aromatic rings. The van der Waals surface area contributed by atoms with Gasteiger partial charge in [0.2, 0.25) is 0 Å². The Balaban J connectivity index is 2.25. The van der Waals surface area contributed by atoms with Crippen molar-refractivity contribution < 1.29 is 14.3 Å². The molecule has 0 amide bonds. The highest BCUT2D eigenvalue weighted by molar-refractivity contribution is 5.74. The predicted octanol–water partition coefficient (Wildman–Crippen LogP) is 5.05. The Bertz CT molecular complexity index is 454. The van der Waals surface area contributed by atoms with Crippen molar-refractivity contribution in [2.24, 2.45) is 5.92 Å². The minimum absolute atomic E-state index is 0.232. The SMILES string of the molecule is CCC(OCc1ccccc1C)C(=O)OCCCCCC(C)C. The first kappa shape index (κ1) is 19.7.